The molecule has 0 saturated heterocycles. The van der Waals surface area contributed by atoms with Gasteiger partial charge in [-0.1, -0.05) is 19.4 Å². The Morgan fingerprint density at radius 3 is 2.41 bits per heavy atom. The van der Waals surface area contributed by atoms with Gasteiger partial charge in [0.2, 0.25) is 0 Å². The van der Waals surface area contributed by atoms with Gasteiger partial charge in [0.05, 0.1) is 22.7 Å². The van der Waals surface area contributed by atoms with Crippen LogP contribution in [-0.4, -0.2) is 74.4 Å². The molecule has 2 aromatic carbocycles. The Bertz CT molecular complexity index is 1580. The molecule has 1 N–H and O–H groups in total. The molecular weight excluding hydrogens is 540 g/mol. The van der Waals surface area contributed by atoms with Crippen molar-refractivity contribution < 1.29 is 17.9 Å². The quantitative estimate of drug-likeness (QED) is 0.182. The topological polar surface area (TPSA) is 110 Å². The minimum Gasteiger partial charge on any atom is -0.464 e. The second kappa shape index (κ2) is 13.1. The molecule has 10 nitrogen and oxygen atoms in total. The van der Waals surface area contributed by atoms with Crippen molar-refractivity contribution in [3.63, 3.8) is 0 Å². The third kappa shape index (κ3) is 7.42. The number of nitrogens with zero attached hydrogens (tertiary/aromatic N) is 5. The SMILES string of the molecule is CCCCOC(=O)CN(c1ccc2c(ccn2-c2ccc(NCCN(C)C)nn2)c1)S(=O)(=O)c1cc(C)cc(C)c1. The number of hydrogen-bond acceptors (Lipinski definition) is 8. The van der Waals surface area contributed by atoms with E-state index >= 15 is 0 Å². The van der Waals surface area contributed by atoms with Gasteiger partial charge < -0.3 is 15.0 Å². The van der Waals surface area contributed by atoms with E-state index in [9.17, 15) is 13.2 Å². The second-order valence-corrected chi connectivity index (χ2v) is 12.2. The van der Waals surface area contributed by atoms with Gasteiger partial charge in [-0.15, -0.1) is 10.2 Å². The van der Waals surface area contributed by atoms with Crippen LogP contribution in [0, 0.1) is 13.8 Å². The van der Waals surface area contributed by atoms with Crippen molar-refractivity contribution in [2.24, 2.45) is 0 Å². The van der Waals surface area contributed by atoms with Gasteiger partial charge in [0.25, 0.3) is 10.0 Å². The van der Waals surface area contributed by atoms with Gasteiger partial charge in [-0.25, -0.2) is 8.42 Å². The number of rotatable bonds is 13. The van der Waals surface area contributed by atoms with Crippen LogP contribution in [0.1, 0.15) is 30.9 Å². The van der Waals surface area contributed by atoms with Crippen molar-refractivity contribution in [3.05, 3.63) is 71.9 Å². The van der Waals surface area contributed by atoms with E-state index in [0.29, 0.717) is 23.7 Å². The summed E-state index contributed by atoms with van der Waals surface area (Å²) < 4.78 is 36.1. The highest BCUT2D eigenvalue weighted by Crippen LogP contribution is 2.30. The summed E-state index contributed by atoms with van der Waals surface area (Å²) >= 11 is 0. The Morgan fingerprint density at radius 1 is 1.00 bits per heavy atom. The molecule has 0 fully saturated rings. The molecule has 218 valence electrons. The maximum absolute atomic E-state index is 13.9. The molecule has 0 atom stereocenters. The minimum atomic E-state index is -4.06. The molecule has 0 saturated carbocycles. The van der Waals surface area contributed by atoms with E-state index in [1.807, 2.05) is 76.0 Å². The number of hydrogen-bond donors (Lipinski definition) is 1. The van der Waals surface area contributed by atoms with Crippen LogP contribution in [0.3, 0.4) is 0 Å². The number of sulfonamides is 1. The number of aryl methyl sites for hydroxylation is 2. The molecule has 41 heavy (non-hydrogen) atoms. The van der Waals surface area contributed by atoms with Crippen molar-refractivity contribution >= 4 is 38.4 Å². The number of esters is 1. The molecule has 0 amide bonds. The standard InChI is InChI=1S/C30H38N6O4S/c1-6-7-16-40-30(37)21-36(41(38,39)26-18-22(2)17-23(3)19-26)25-8-9-27-24(20-25)12-14-35(27)29-11-10-28(32-33-29)31-13-15-34(4)5/h8-12,14,17-20H,6-7,13,15-16,21H2,1-5H3,(H,31,32). The first kappa shape index (κ1) is 30.0. The van der Waals surface area contributed by atoms with Gasteiger partial charge >= 0.3 is 5.97 Å². The number of likely N-dealkylation sites (N-methyl/N-ethyl adjacent to an activating group) is 1. The van der Waals surface area contributed by atoms with Crippen molar-refractivity contribution in [2.45, 2.75) is 38.5 Å². The van der Waals surface area contributed by atoms with Crippen LogP contribution >= 0.6 is 0 Å². The highest BCUT2D eigenvalue weighted by molar-refractivity contribution is 7.92. The van der Waals surface area contributed by atoms with Crippen LogP contribution in [-0.2, 0) is 19.6 Å². The molecule has 11 heteroatoms. The van der Waals surface area contributed by atoms with E-state index in [2.05, 4.69) is 20.4 Å². The minimum absolute atomic E-state index is 0.128. The number of aromatic nitrogens is 3. The fourth-order valence-corrected chi connectivity index (χ4v) is 6.05. The molecule has 4 rings (SSSR count). The molecule has 2 aromatic heterocycles. The van der Waals surface area contributed by atoms with Gasteiger partial charge in [-0.05, 0) is 94.0 Å². The fraction of sp³-hybridized carbons (Fsp3) is 0.367. The zero-order valence-corrected chi connectivity index (χ0v) is 25.1. The van der Waals surface area contributed by atoms with Crippen molar-refractivity contribution in [3.8, 4) is 5.82 Å². The molecule has 0 aliphatic rings. The van der Waals surface area contributed by atoms with Crippen LogP contribution in [0.5, 0.6) is 0 Å². The third-order valence-corrected chi connectivity index (χ3v) is 8.29. The molecule has 4 aromatic rings. The number of nitrogens with one attached hydrogen (secondary N) is 1. The van der Waals surface area contributed by atoms with E-state index in [0.717, 1.165) is 45.8 Å². The Hall–Kier alpha value is -3.96. The van der Waals surface area contributed by atoms with Gasteiger partial charge in [0.15, 0.2) is 5.82 Å². The molecule has 0 radical (unpaired) electrons. The number of benzene rings is 2. The number of carbonyl (C=O) groups is 1. The predicted molar refractivity (Wildman–Crippen MR) is 162 cm³/mol. The van der Waals surface area contributed by atoms with E-state index in [1.54, 1.807) is 24.3 Å². The molecule has 0 aliphatic heterocycles. The Kier molecular flexibility index (Phi) is 9.61. The zero-order chi connectivity index (χ0) is 29.6. The smallest absolute Gasteiger partial charge is 0.326 e. The number of unbranched alkanes of at least 4 members (excludes halogenated alkanes) is 1. The maximum atomic E-state index is 13.9. The maximum Gasteiger partial charge on any atom is 0.326 e. The van der Waals surface area contributed by atoms with E-state index < -0.39 is 22.5 Å². The summed E-state index contributed by atoms with van der Waals surface area (Å²) in [5.74, 6) is 0.719. The first-order valence-corrected chi connectivity index (χ1v) is 15.1. The van der Waals surface area contributed by atoms with Crippen LogP contribution in [0.4, 0.5) is 11.5 Å². The van der Waals surface area contributed by atoms with Crippen molar-refractivity contribution in [1.29, 1.82) is 0 Å². The Balaban J connectivity index is 1.65. The van der Waals surface area contributed by atoms with Crippen LogP contribution in [0.25, 0.3) is 16.7 Å². The first-order valence-electron chi connectivity index (χ1n) is 13.7. The van der Waals surface area contributed by atoms with Gasteiger partial charge in [-0.2, -0.15) is 0 Å². The first-order chi connectivity index (χ1) is 19.6. The predicted octanol–water partition coefficient (Wildman–Crippen LogP) is 4.55. The lowest BCUT2D eigenvalue weighted by Crippen LogP contribution is -2.36. The summed E-state index contributed by atoms with van der Waals surface area (Å²) in [6, 6.07) is 16.1. The van der Waals surface area contributed by atoms with Gasteiger partial charge in [-0.3, -0.25) is 13.7 Å². The van der Waals surface area contributed by atoms with E-state index in [4.69, 9.17) is 4.74 Å². The van der Waals surface area contributed by atoms with Crippen molar-refractivity contribution in [1.82, 2.24) is 19.7 Å². The number of carbonyl (C=O) groups excluding carboxylic acids is 1. The molecule has 0 aliphatic carbocycles. The highest BCUT2D eigenvalue weighted by Gasteiger charge is 2.28. The van der Waals surface area contributed by atoms with Gasteiger partial charge in [0.1, 0.15) is 12.4 Å². The van der Waals surface area contributed by atoms with Crippen LogP contribution in [0.2, 0.25) is 0 Å². The highest BCUT2D eigenvalue weighted by atomic mass is 32.2. The Morgan fingerprint density at radius 2 is 1.76 bits per heavy atom. The van der Waals surface area contributed by atoms with Crippen molar-refractivity contribution in [2.75, 3.05) is 50.0 Å². The average Bonchev–Trinajstić information content (AvgIpc) is 3.35. The van der Waals surface area contributed by atoms with E-state index in [1.165, 1.54) is 0 Å². The fourth-order valence-electron chi connectivity index (χ4n) is 4.46. The van der Waals surface area contributed by atoms with Gasteiger partial charge in [0, 0.05) is 24.7 Å². The summed E-state index contributed by atoms with van der Waals surface area (Å²) in [5.41, 5.74) is 2.84. The Labute approximate surface area is 242 Å². The monoisotopic (exact) mass is 578 g/mol. The largest absolute Gasteiger partial charge is 0.464 e. The molecular formula is C30H38N6O4S. The summed E-state index contributed by atoms with van der Waals surface area (Å²) in [6.07, 6.45) is 3.44. The number of fused-ring (bicyclic) bond motifs is 1. The summed E-state index contributed by atoms with van der Waals surface area (Å²) in [4.78, 5) is 14.9. The zero-order valence-electron chi connectivity index (χ0n) is 24.3. The number of anilines is 2. The average molecular weight is 579 g/mol. The van der Waals surface area contributed by atoms with Crippen LogP contribution < -0.4 is 9.62 Å². The second-order valence-electron chi connectivity index (χ2n) is 10.3. The summed E-state index contributed by atoms with van der Waals surface area (Å²) in [6.45, 7) is 7.14. The molecule has 2 heterocycles. The number of ether oxygens (including phenoxy) is 1. The van der Waals surface area contributed by atoms with E-state index in [-0.39, 0.29) is 11.5 Å². The lowest BCUT2D eigenvalue weighted by molar-refractivity contribution is -0.141. The lowest BCUT2D eigenvalue weighted by Gasteiger charge is -2.24. The summed E-state index contributed by atoms with van der Waals surface area (Å²) in [7, 11) is -0.0427. The molecule has 0 bridgehead atoms. The normalized spacial score (nSPS) is 11.7. The lowest BCUT2D eigenvalue weighted by atomic mass is 10.2. The summed E-state index contributed by atoms with van der Waals surface area (Å²) in [5, 5.41) is 12.7. The molecule has 0 spiro atoms. The van der Waals surface area contributed by atoms with Crippen LogP contribution in [0.15, 0.2) is 65.7 Å². The third-order valence-electron chi connectivity index (χ3n) is 6.54. The molecule has 0 unspecified atom stereocenters.